The smallest absolute Gasteiger partial charge is 0.254 e. The third-order valence-corrected chi connectivity index (χ3v) is 7.13. The lowest BCUT2D eigenvalue weighted by Crippen LogP contribution is -2.36. The summed E-state index contributed by atoms with van der Waals surface area (Å²) in [5.74, 6) is -0.551. The highest BCUT2D eigenvalue weighted by molar-refractivity contribution is 6.30. The van der Waals surface area contributed by atoms with Gasteiger partial charge in [-0.25, -0.2) is 0 Å². The molecule has 0 aromatic heterocycles. The molecule has 3 aromatic carbocycles. The summed E-state index contributed by atoms with van der Waals surface area (Å²) >= 11 is 6.17. The number of amides is 2. The number of fused-ring (bicyclic) bond motifs is 1. The van der Waals surface area contributed by atoms with E-state index < -0.39 is 5.91 Å². The summed E-state index contributed by atoms with van der Waals surface area (Å²) in [5, 5.41) is 7.06. The zero-order chi connectivity index (χ0) is 25.1. The van der Waals surface area contributed by atoms with Crippen molar-refractivity contribution < 1.29 is 9.59 Å². The predicted molar refractivity (Wildman–Crippen MR) is 145 cm³/mol. The molecule has 0 bridgehead atoms. The van der Waals surface area contributed by atoms with Crippen LogP contribution in [0, 0.1) is 0 Å². The molecule has 0 saturated carbocycles. The predicted octanol–water partition coefficient (Wildman–Crippen LogP) is 5.05. The summed E-state index contributed by atoms with van der Waals surface area (Å²) in [4.78, 5) is 29.3. The highest BCUT2D eigenvalue weighted by Gasteiger charge is 2.29. The van der Waals surface area contributed by atoms with Gasteiger partial charge in [0.25, 0.3) is 5.91 Å². The van der Waals surface area contributed by atoms with E-state index in [0.29, 0.717) is 22.7 Å². The van der Waals surface area contributed by atoms with Crippen LogP contribution in [0.15, 0.2) is 60.7 Å². The van der Waals surface area contributed by atoms with Crippen molar-refractivity contribution in [1.82, 2.24) is 10.2 Å². The van der Waals surface area contributed by atoms with Crippen molar-refractivity contribution in [3.05, 3.63) is 82.4 Å². The average Bonchev–Trinajstić information content (AvgIpc) is 3.28. The number of carbonyl (C=O) groups is 2. The van der Waals surface area contributed by atoms with Gasteiger partial charge in [0.2, 0.25) is 5.91 Å². The molecule has 2 aliphatic rings. The third-order valence-electron chi connectivity index (χ3n) is 6.89. The first-order valence-corrected chi connectivity index (χ1v) is 12.7. The van der Waals surface area contributed by atoms with Crippen LogP contribution < -0.4 is 21.3 Å². The molecular formula is C28H30ClN5O2. The Morgan fingerprint density at radius 1 is 1.06 bits per heavy atom. The Kier molecular flexibility index (Phi) is 7.11. The fourth-order valence-corrected chi connectivity index (χ4v) is 5.20. The quantitative estimate of drug-likeness (QED) is 0.400. The van der Waals surface area contributed by atoms with E-state index in [1.165, 1.54) is 19.3 Å². The van der Waals surface area contributed by atoms with Gasteiger partial charge in [-0.2, -0.15) is 0 Å². The second-order valence-corrected chi connectivity index (χ2v) is 9.71. The van der Waals surface area contributed by atoms with E-state index >= 15 is 0 Å². The van der Waals surface area contributed by atoms with E-state index in [-0.39, 0.29) is 5.91 Å². The number of primary amides is 1. The summed E-state index contributed by atoms with van der Waals surface area (Å²) in [6, 6.07) is 18.8. The van der Waals surface area contributed by atoms with E-state index in [2.05, 4.69) is 20.4 Å². The van der Waals surface area contributed by atoms with Gasteiger partial charge in [0.05, 0.1) is 11.3 Å². The van der Waals surface area contributed by atoms with Gasteiger partial charge < -0.3 is 26.2 Å². The summed E-state index contributed by atoms with van der Waals surface area (Å²) in [6.07, 6.45) is 3.72. The Morgan fingerprint density at radius 3 is 2.56 bits per heavy atom. The number of rotatable bonds is 8. The lowest BCUT2D eigenvalue weighted by molar-refractivity contribution is 0.0964. The maximum absolute atomic E-state index is 13.1. The molecule has 1 fully saturated rings. The van der Waals surface area contributed by atoms with Crippen LogP contribution in [0.25, 0.3) is 0 Å². The minimum absolute atomic E-state index is 0.0912. The monoisotopic (exact) mass is 503 g/mol. The second-order valence-electron chi connectivity index (χ2n) is 9.27. The van der Waals surface area contributed by atoms with Crippen molar-refractivity contribution in [2.45, 2.75) is 25.8 Å². The van der Waals surface area contributed by atoms with Crippen molar-refractivity contribution in [1.29, 1.82) is 0 Å². The standard InChI is InChI=1S/C28H30ClN5O2/c29-20-5-4-6-21(17-20)32-24-11-12-25(26-23(24)18-31-28(26)36)34(16-15-33-13-2-1-3-14-33)22-9-7-19(8-10-22)27(30)35/h4-12,17,32H,1-3,13-16,18H2,(H2,30,35)(H,31,36). The van der Waals surface area contributed by atoms with Gasteiger partial charge >= 0.3 is 0 Å². The average molecular weight is 504 g/mol. The Bertz CT molecular complexity index is 1270. The van der Waals surface area contributed by atoms with E-state index in [1.54, 1.807) is 12.1 Å². The molecule has 1 saturated heterocycles. The van der Waals surface area contributed by atoms with E-state index in [9.17, 15) is 9.59 Å². The maximum Gasteiger partial charge on any atom is 0.254 e. The lowest BCUT2D eigenvalue weighted by atomic mass is 10.0. The number of hydrogen-bond acceptors (Lipinski definition) is 5. The molecule has 36 heavy (non-hydrogen) atoms. The Hall–Kier alpha value is -3.55. The fourth-order valence-electron chi connectivity index (χ4n) is 5.01. The highest BCUT2D eigenvalue weighted by atomic mass is 35.5. The largest absolute Gasteiger partial charge is 0.366 e. The SMILES string of the molecule is NC(=O)c1ccc(N(CCN2CCCCC2)c2ccc(Nc3cccc(Cl)c3)c3c2C(=O)NC3)cc1. The maximum atomic E-state index is 13.1. The molecule has 8 heteroatoms. The van der Waals surface area contributed by atoms with Crippen LogP contribution in [0.4, 0.5) is 22.7 Å². The van der Waals surface area contributed by atoms with Crippen molar-refractivity contribution in [2.24, 2.45) is 5.73 Å². The van der Waals surface area contributed by atoms with Gasteiger partial charge in [0.15, 0.2) is 0 Å². The zero-order valence-electron chi connectivity index (χ0n) is 20.1. The van der Waals surface area contributed by atoms with Gasteiger partial charge in [-0.1, -0.05) is 24.1 Å². The second kappa shape index (κ2) is 10.6. The van der Waals surface area contributed by atoms with Crippen molar-refractivity contribution >= 4 is 46.2 Å². The van der Waals surface area contributed by atoms with E-state index in [0.717, 1.165) is 54.5 Å². The Labute approximate surface area is 216 Å². The molecule has 2 heterocycles. The molecule has 5 rings (SSSR count). The highest BCUT2D eigenvalue weighted by Crippen LogP contribution is 2.38. The first-order chi connectivity index (χ1) is 17.5. The Balaban J connectivity index is 1.51. The molecule has 186 valence electrons. The minimum Gasteiger partial charge on any atom is -0.366 e. The number of nitrogens with zero attached hydrogens (tertiary/aromatic N) is 2. The first-order valence-electron chi connectivity index (χ1n) is 12.4. The first kappa shape index (κ1) is 24.2. The van der Waals surface area contributed by atoms with Crippen molar-refractivity contribution in [2.75, 3.05) is 36.4 Å². The number of likely N-dealkylation sites (tertiary alicyclic amines) is 1. The number of nitrogens with one attached hydrogen (secondary N) is 2. The number of carbonyl (C=O) groups excluding carboxylic acids is 2. The molecular weight excluding hydrogens is 474 g/mol. The molecule has 2 aliphatic heterocycles. The van der Waals surface area contributed by atoms with Crippen LogP contribution in [0.5, 0.6) is 0 Å². The molecule has 0 atom stereocenters. The third kappa shape index (κ3) is 5.17. The van der Waals surface area contributed by atoms with Gasteiger partial charge in [0.1, 0.15) is 0 Å². The molecule has 2 amide bonds. The molecule has 0 radical (unpaired) electrons. The number of nitrogens with two attached hydrogens (primary N) is 1. The zero-order valence-corrected chi connectivity index (χ0v) is 20.9. The topological polar surface area (TPSA) is 90.7 Å². The van der Waals surface area contributed by atoms with Gasteiger partial charge in [-0.3, -0.25) is 9.59 Å². The molecule has 3 aromatic rings. The molecule has 0 unspecified atom stereocenters. The number of halogens is 1. The molecule has 0 aliphatic carbocycles. The summed E-state index contributed by atoms with van der Waals surface area (Å²) in [6.45, 7) is 4.24. The molecule has 0 spiro atoms. The van der Waals surface area contributed by atoms with Crippen LogP contribution in [-0.2, 0) is 6.54 Å². The lowest BCUT2D eigenvalue weighted by Gasteiger charge is -2.32. The number of piperidine rings is 1. The van der Waals surface area contributed by atoms with Crippen LogP contribution in [0.3, 0.4) is 0 Å². The van der Waals surface area contributed by atoms with Crippen LogP contribution >= 0.6 is 11.6 Å². The van der Waals surface area contributed by atoms with Gasteiger partial charge in [0, 0.05) is 52.8 Å². The number of benzene rings is 3. The normalized spacial score (nSPS) is 15.3. The van der Waals surface area contributed by atoms with E-state index in [1.807, 2.05) is 48.5 Å². The van der Waals surface area contributed by atoms with Crippen molar-refractivity contribution in [3.63, 3.8) is 0 Å². The number of hydrogen-bond donors (Lipinski definition) is 3. The van der Waals surface area contributed by atoms with Crippen LogP contribution in [-0.4, -0.2) is 42.9 Å². The van der Waals surface area contributed by atoms with Gasteiger partial charge in [-0.15, -0.1) is 0 Å². The number of anilines is 4. The summed E-state index contributed by atoms with van der Waals surface area (Å²) in [7, 11) is 0. The van der Waals surface area contributed by atoms with E-state index in [4.69, 9.17) is 17.3 Å². The fraction of sp³-hybridized carbons (Fsp3) is 0.286. The molecule has 4 N–H and O–H groups in total. The summed E-state index contributed by atoms with van der Waals surface area (Å²) < 4.78 is 0. The van der Waals surface area contributed by atoms with Gasteiger partial charge in [-0.05, 0) is 80.5 Å². The molecule has 7 nitrogen and oxygen atoms in total. The van der Waals surface area contributed by atoms with Crippen molar-refractivity contribution in [3.8, 4) is 0 Å². The van der Waals surface area contributed by atoms with Crippen LogP contribution in [0.1, 0.15) is 45.5 Å². The van der Waals surface area contributed by atoms with Crippen LogP contribution in [0.2, 0.25) is 5.02 Å². The minimum atomic E-state index is -0.460. The summed E-state index contributed by atoms with van der Waals surface area (Å²) in [5.41, 5.74) is 11.0. The Morgan fingerprint density at radius 2 is 1.83 bits per heavy atom.